The minimum Gasteiger partial charge on any atom is -0.486 e. The number of ether oxygens (including phenoxy) is 4. The molecule has 1 N–H and O–H groups in total. The van der Waals surface area contributed by atoms with E-state index < -0.39 is 0 Å². The number of nitrogens with zero attached hydrogens (tertiary/aromatic N) is 4. The summed E-state index contributed by atoms with van der Waals surface area (Å²) in [5.41, 5.74) is 1.35. The summed E-state index contributed by atoms with van der Waals surface area (Å²) in [6, 6.07) is 10.7. The van der Waals surface area contributed by atoms with E-state index in [2.05, 4.69) is 20.8 Å². The van der Waals surface area contributed by atoms with Gasteiger partial charge in [0.1, 0.15) is 13.2 Å². The standard InChI is InChI=1S/C18H15N5O5S/c24-17(19-11-1-3-13-15(7-11)26-6-5-25-13)9-29-18-20-21-22-23(18)12-2-4-14-16(8-12)28-10-27-14/h1-4,7-8H,5-6,9-10H2,(H,19,24). The van der Waals surface area contributed by atoms with Gasteiger partial charge in [0, 0.05) is 17.8 Å². The van der Waals surface area contributed by atoms with Gasteiger partial charge < -0.3 is 24.3 Å². The van der Waals surface area contributed by atoms with Crippen molar-refractivity contribution in [3.8, 4) is 28.7 Å². The molecule has 0 fully saturated rings. The first kappa shape index (κ1) is 17.6. The van der Waals surface area contributed by atoms with E-state index in [-0.39, 0.29) is 18.5 Å². The maximum absolute atomic E-state index is 12.4. The first-order valence-electron chi connectivity index (χ1n) is 8.77. The quantitative estimate of drug-likeness (QED) is 0.627. The zero-order chi connectivity index (χ0) is 19.6. The smallest absolute Gasteiger partial charge is 0.234 e. The lowest BCUT2D eigenvalue weighted by molar-refractivity contribution is -0.113. The van der Waals surface area contributed by atoms with Gasteiger partial charge >= 0.3 is 0 Å². The van der Waals surface area contributed by atoms with Gasteiger partial charge in [0.05, 0.1) is 11.4 Å². The van der Waals surface area contributed by atoms with Crippen molar-refractivity contribution < 1.29 is 23.7 Å². The normalized spacial score (nSPS) is 13.9. The van der Waals surface area contributed by atoms with E-state index in [1.54, 1.807) is 35.0 Å². The molecule has 0 bridgehead atoms. The molecule has 0 aliphatic carbocycles. The third-order valence-corrected chi connectivity index (χ3v) is 5.12. The molecule has 5 rings (SSSR count). The van der Waals surface area contributed by atoms with Gasteiger partial charge in [-0.2, -0.15) is 4.68 Å². The number of rotatable bonds is 5. The molecule has 0 radical (unpaired) electrons. The van der Waals surface area contributed by atoms with Crippen LogP contribution in [0.1, 0.15) is 0 Å². The number of tetrazole rings is 1. The van der Waals surface area contributed by atoms with Crippen LogP contribution in [0.15, 0.2) is 41.6 Å². The van der Waals surface area contributed by atoms with Crippen molar-refractivity contribution in [3.05, 3.63) is 36.4 Å². The molecule has 29 heavy (non-hydrogen) atoms. The van der Waals surface area contributed by atoms with Crippen LogP contribution >= 0.6 is 11.8 Å². The number of carbonyl (C=O) groups is 1. The van der Waals surface area contributed by atoms with Crippen LogP contribution < -0.4 is 24.3 Å². The van der Waals surface area contributed by atoms with Crippen molar-refractivity contribution in [2.75, 3.05) is 31.1 Å². The lowest BCUT2D eigenvalue weighted by Crippen LogP contribution is -2.17. The van der Waals surface area contributed by atoms with Gasteiger partial charge in [-0.3, -0.25) is 4.79 Å². The lowest BCUT2D eigenvalue weighted by atomic mass is 10.2. The number of aromatic nitrogens is 4. The minimum atomic E-state index is -0.188. The van der Waals surface area contributed by atoms with Crippen LogP contribution in [0.4, 0.5) is 5.69 Å². The predicted molar refractivity (Wildman–Crippen MR) is 102 cm³/mol. The minimum absolute atomic E-state index is 0.138. The molecule has 0 unspecified atom stereocenters. The Morgan fingerprint density at radius 3 is 2.69 bits per heavy atom. The summed E-state index contributed by atoms with van der Waals surface area (Å²) in [6.45, 7) is 1.20. The van der Waals surface area contributed by atoms with Crippen molar-refractivity contribution in [2.24, 2.45) is 0 Å². The van der Waals surface area contributed by atoms with Crippen LogP contribution in [-0.2, 0) is 4.79 Å². The molecule has 0 spiro atoms. The second kappa shape index (κ2) is 7.51. The average Bonchev–Trinajstić information content (AvgIpc) is 3.40. The summed E-state index contributed by atoms with van der Waals surface area (Å²) in [5, 5.41) is 15.0. The molecule has 0 atom stereocenters. The summed E-state index contributed by atoms with van der Waals surface area (Å²) >= 11 is 1.22. The number of benzene rings is 2. The molecule has 3 heterocycles. The maximum atomic E-state index is 12.4. The van der Waals surface area contributed by atoms with Crippen molar-refractivity contribution in [1.82, 2.24) is 20.2 Å². The van der Waals surface area contributed by atoms with Gasteiger partial charge in [-0.1, -0.05) is 11.8 Å². The highest BCUT2D eigenvalue weighted by Gasteiger charge is 2.18. The predicted octanol–water partition coefficient (Wildman–Crippen LogP) is 1.89. The third kappa shape index (κ3) is 3.63. The molecule has 0 saturated carbocycles. The van der Waals surface area contributed by atoms with Crippen LogP contribution in [0, 0.1) is 0 Å². The van der Waals surface area contributed by atoms with Gasteiger partial charge in [-0.15, -0.1) is 5.10 Å². The van der Waals surface area contributed by atoms with E-state index in [1.165, 1.54) is 11.8 Å². The van der Waals surface area contributed by atoms with Gasteiger partial charge in [0.25, 0.3) is 0 Å². The topological polar surface area (TPSA) is 110 Å². The Balaban J connectivity index is 1.24. The molecule has 3 aromatic rings. The third-order valence-electron chi connectivity index (χ3n) is 4.20. The number of fused-ring (bicyclic) bond motifs is 2. The fraction of sp³-hybridized carbons (Fsp3) is 0.222. The Kier molecular flexibility index (Phi) is 4.56. The van der Waals surface area contributed by atoms with E-state index in [0.717, 1.165) is 0 Å². The first-order chi connectivity index (χ1) is 14.3. The summed E-state index contributed by atoms with van der Waals surface area (Å²) in [7, 11) is 0. The number of hydrogen-bond acceptors (Lipinski definition) is 9. The summed E-state index contributed by atoms with van der Waals surface area (Å²) in [4.78, 5) is 12.4. The molecule has 1 amide bonds. The van der Waals surface area contributed by atoms with Gasteiger partial charge in [0.15, 0.2) is 23.0 Å². The zero-order valence-electron chi connectivity index (χ0n) is 15.0. The van der Waals surface area contributed by atoms with Crippen LogP contribution in [0.3, 0.4) is 0 Å². The highest BCUT2D eigenvalue weighted by molar-refractivity contribution is 7.99. The Labute approximate surface area is 169 Å². The van der Waals surface area contributed by atoms with Gasteiger partial charge in [-0.25, -0.2) is 0 Å². The van der Waals surface area contributed by atoms with Crippen LogP contribution in [-0.4, -0.2) is 51.9 Å². The SMILES string of the molecule is O=C(CSc1nnnn1-c1ccc2c(c1)OCO2)Nc1ccc2c(c1)OCCO2. The van der Waals surface area contributed by atoms with E-state index in [1.807, 2.05) is 6.07 Å². The van der Waals surface area contributed by atoms with Crippen LogP contribution in [0.2, 0.25) is 0 Å². The fourth-order valence-corrected chi connectivity index (χ4v) is 3.59. The summed E-state index contributed by atoms with van der Waals surface area (Å²) < 4.78 is 23.3. The Bertz CT molecular complexity index is 1070. The molecular weight excluding hydrogens is 398 g/mol. The van der Waals surface area contributed by atoms with E-state index >= 15 is 0 Å². The molecule has 0 saturated heterocycles. The van der Waals surface area contributed by atoms with E-state index in [9.17, 15) is 4.79 Å². The Hall–Kier alpha value is -3.47. The second-order valence-electron chi connectivity index (χ2n) is 6.11. The van der Waals surface area contributed by atoms with Crippen molar-refractivity contribution >= 4 is 23.4 Å². The lowest BCUT2D eigenvalue weighted by Gasteiger charge is -2.18. The molecular formula is C18H15N5O5S. The monoisotopic (exact) mass is 413 g/mol. The molecule has 11 heteroatoms. The summed E-state index contributed by atoms with van der Waals surface area (Å²) in [6.07, 6.45) is 0. The molecule has 148 valence electrons. The maximum Gasteiger partial charge on any atom is 0.234 e. The van der Waals surface area contributed by atoms with E-state index in [0.29, 0.717) is 52.7 Å². The fourth-order valence-electron chi connectivity index (χ4n) is 2.90. The Morgan fingerprint density at radius 1 is 1.00 bits per heavy atom. The van der Waals surface area contributed by atoms with Gasteiger partial charge in [0.2, 0.25) is 17.9 Å². The average molecular weight is 413 g/mol. The van der Waals surface area contributed by atoms with Crippen LogP contribution in [0.25, 0.3) is 5.69 Å². The Morgan fingerprint density at radius 2 is 1.76 bits per heavy atom. The molecule has 10 nitrogen and oxygen atoms in total. The number of amides is 1. The number of thioether (sulfide) groups is 1. The number of carbonyl (C=O) groups excluding carboxylic acids is 1. The number of anilines is 1. The largest absolute Gasteiger partial charge is 0.486 e. The van der Waals surface area contributed by atoms with Crippen LogP contribution in [0.5, 0.6) is 23.0 Å². The number of nitrogens with one attached hydrogen (secondary N) is 1. The van der Waals surface area contributed by atoms with E-state index in [4.69, 9.17) is 18.9 Å². The first-order valence-corrected chi connectivity index (χ1v) is 9.75. The highest BCUT2D eigenvalue weighted by atomic mass is 32.2. The highest BCUT2D eigenvalue weighted by Crippen LogP contribution is 2.34. The van der Waals surface area contributed by atoms with Crippen molar-refractivity contribution in [3.63, 3.8) is 0 Å². The number of hydrogen-bond donors (Lipinski definition) is 1. The summed E-state index contributed by atoms with van der Waals surface area (Å²) in [5.74, 6) is 2.55. The molecule has 2 aliphatic rings. The molecule has 2 aromatic carbocycles. The molecule has 1 aromatic heterocycles. The zero-order valence-corrected chi connectivity index (χ0v) is 15.8. The van der Waals surface area contributed by atoms with Gasteiger partial charge in [-0.05, 0) is 34.7 Å². The van der Waals surface area contributed by atoms with Crippen molar-refractivity contribution in [2.45, 2.75) is 5.16 Å². The second-order valence-corrected chi connectivity index (χ2v) is 7.05. The molecule has 2 aliphatic heterocycles. The van der Waals surface area contributed by atoms with Crippen molar-refractivity contribution in [1.29, 1.82) is 0 Å².